The van der Waals surface area contributed by atoms with Gasteiger partial charge >= 0.3 is 5.97 Å². The average molecular weight is 350 g/mol. The van der Waals surface area contributed by atoms with Crippen molar-refractivity contribution < 1.29 is 19.1 Å². The maximum absolute atomic E-state index is 12.5. The van der Waals surface area contributed by atoms with Crippen molar-refractivity contribution in [2.75, 3.05) is 10.6 Å². The summed E-state index contributed by atoms with van der Waals surface area (Å²) < 4.78 is 5.26. The SMILES string of the molecule is O=C1OC(C(=O)Nc2cccc(NC(=O)C3CC3)c2)Cc2ccccc21. The van der Waals surface area contributed by atoms with Gasteiger partial charge < -0.3 is 15.4 Å². The molecule has 6 nitrogen and oxygen atoms in total. The zero-order chi connectivity index (χ0) is 18.1. The van der Waals surface area contributed by atoms with Gasteiger partial charge in [-0.15, -0.1) is 0 Å². The monoisotopic (exact) mass is 350 g/mol. The van der Waals surface area contributed by atoms with Gasteiger partial charge in [-0.05, 0) is 42.7 Å². The average Bonchev–Trinajstić information content (AvgIpc) is 3.47. The van der Waals surface area contributed by atoms with Crippen LogP contribution in [-0.4, -0.2) is 23.9 Å². The van der Waals surface area contributed by atoms with Crippen LogP contribution in [0.3, 0.4) is 0 Å². The van der Waals surface area contributed by atoms with E-state index in [9.17, 15) is 14.4 Å². The molecule has 1 aliphatic heterocycles. The molecule has 0 radical (unpaired) electrons. The minimum atomic E-state index is -0.873. The first kappa shape index (κ1) is 16.3. The van der Waals surface area contributed by atoms with Gasteiger partial charge in [-0.1, -0.05) is 24.3 Å². The summed E-state index contributed by atoms with van der Waals surface area (Å²) in [7, 11) is 0. The van der Waals surface area contributed by atoms with Gasteiger partial charge in [0.2, 0.25) is 5.91 Å². The zero-order valence-corrected chi connectivity index (χ0v) is 14.0. The van der Waals surface area contributed by atoms with Crippen molar-refractivity contribution in [3.63, 3.8) is 0 Å². The van der Waals surface area contributed by atoms with Gasteiger partial charge in [0, 0.05) is 23.7 Å². The second-order valence-electron chi connectivity index (χ2n) is 6.59. The maximum Gasteiger partial charge on any atom is 0.339 e. The van der Waals surface area contributed by atoms with Crippen LogP contribution in [-0.2, 0) is 20.7 Å². The summed E-state index contributed by atoms with van der Waals surface area (Å²) in [6, 6.07) is 14.1. The van der Waals surface area contributed by atoms with Gasteiger partial charge in [-0.3, -0.25) is 9.59 Å². The quantitative estimate of drug-likeness (QED) is 0.831. The number of ether oxygens (including phenoxy) is 1. The number of esters is 1. The molecule has 1 saturated carbocycles. The number of carbonyl (C=O) groups excluding carboxylic acids is 3. The fraction of sp³-hybridized carbons (Fsp3) is 0.250. The third-order valence-electron chi connectivity index (χ3n) is 4.53. The number of hydrogen-bond acceptors (Lipinski definition) is 4. The molecule has 2 aliphatic rings. The number of cyclic esters (lactones) is 1. The van der Waals surface area contributed by atoms with Crippen LogP contribution >= 0.6 is 0 Å². The Balaban J connectivity index is 1.43. The second-order valence-corrected chi connectivity index (χ2v) is 6.59. The fourth-order valence-corrected chi connectivity index (χ4v) is 2.97. The molecule has 1 unspecified atom stereocenters. The highest BCUT2D eigenvalue weighted by Crippen LogP contribution is 2.30. The molecule has 2 aromatic carbocycles. The number of rotatable bonds is 4. The van der Waals surface area contributed by atoms with E-state index >= 15 is 0 Å². The molecular weight excluding hydrogens is 332 g/mol. The molecule has 1 fully saturated rings. The number of benzene rings is 2. The summed E-state index contributed by atoms with van der Waals surface area (Å²) in [5, 5.41) is 5.60. The standard InChI is InChI=1S/C20H18N2O4/c23-18(12-8-9-12)21-14-5-3-6-15(11-14)22-19(24)17-10-13-4-1-2-7-16(13)20(25)26-17/h1-7,11-12,17H,8-10H2,(H,21,23)(H,22,24). The van der Waals surface area contributed by atoms with Crippen molar-refractivity contribution in [3.8, 4) is 0 Å². The Kier molecular flexibility index (Phi) is 4.16. The van der Waals surface area contributed by atoms with E-state index < -0.39 is 18.0 Å². The van der Waals surface area contributed by atoms with E-state index in [2.05, 4.69) is 10.6 Å². The lowest BCUT2D eigenvalue weighted by Gasteiger charge is -2.23. The molecule has 0 spiro atoms. The zero-order valence-electron chi connectivity index (χ0n) is 14.0. The van der Waals surface area contributed by atoms with Crippen molar-refractivity contribution >= 4 is 29.2 Å². The molecule has 132 valence electrons. The van der Waals surface area contributed by atoms with E-state index in [1.807, 2.05) is 12.1 Å². The van der Waals surface area contributed by atoms with Crippen molar-refractivity contribution in [2.45, 2.75) is 25.4 Å². The van der Waals surface area contributed by atoms with E-state index in [1.54, 1.807) is 36.4 Å². The minimum Gasteiger partial charge on any atom is -0.448 e. The van der Waals surface area contributed by atoms with Crippen LogP contribution in [0, 0.1) is 5.92 Å². The molecule has 2 N–H and O–H groups in total. The predicted octanol–water partition coefficient (Wildman–Crippen LogP) is 2.76. The molecule has 0 aromatic heterocycles. The van der Waals surface area contributed by atoms with Crippen LogP contribution in [0.5, 0.6) is 0 Å². The van der Waals surface area contributed by atoms with E-state index in [0.29, 0.717) is 23.4 Å². The van der Waals surface area contributed by atoms with E-state index in [0.717, 1.165) is 18.4 Å². The Morgan fingerprint density at radius 3 is 2.35 bits per heavy atom. The van der Waals surface area contributed by atoms with Crippen LogP contribution in [0.1, 0.15) is 28.8 Å². The van der Waals surface area contributed by atoms with Crippen molar-refractivity contribution in [2.24, 2.45) is 5.92 Å². The molecule has 4 rings (SSSR count). The van der Waals surface area contributed by atoms with Crippen LogP contribution in [0.4, 0.5) is 11.4 Å². The van der Waals surface area contributed by atoms with Gasteiger partial charge in [0.1, 0.15) is 0 Å². The number of nitrogens with one attached hydrogen (secondary N) is 2. The minimum absolute atomic E-state index is 0.00583. The highest BCUT2D eigenvalue weighted by Gasteiger charge is 2.31. The topological polar surface area (TPSA) is 84.5 Å². The van der Waals surface area contributed by atoms with Crippen LogP contribution in [0.25, 0.3) is 0 Å². The Morgan fingerprint density at radius 2 is 1.62 bits per heavy atom. The summed E-state index contributed by atoms with van der Waals surface area (Å²) in [6.45, 7) is 0. The molecule has 1 heterocycles. The summed E-state index contributed by atoms with van der Waals surface area (Å²) in [4.78, 5) is 36.4. The normalized spacial score (nSPS) is 18.5. The molecule has 6 heteroatoms. The van der Waals surface area contributed by atoms with E-state index in [4.69, 9.17) is 4.74 Å². The van der Waals surface area contributed by atoms with E-state index in [-0.39, 0.29) is 11.8 Å². The van der Waals surface area contributed by atoms with Crippen LogP contribution in [0.15, 0.2) is 48.5 Å². The smallest absolute Gasteiger partial charge is 0.339 e. The number of anilines is 2. The summed E-state index contributed by atoms with van der Waals surface area (Å²) in [6.07, 6.45) is 1.32. The fourth-order valence-electron chi connectivity index (χ4n) is 2.97. The molecule has 0 bridgehead atoms. The molecule has 2 amide bonds. The van der Waals surface area contributed by atoms with Crippen molar-refractivity contribution in [1.29, 1.82) is 0 Å². The third-order valence-corrected chi connectivity index (χ3v) is 4.53. The Morgan fingerprint density at radius 1 is 0.923 bits per heavy atom. The summed E-state index contributed by atoms with van der Waals surface area (Å²) >= 11 is 0. The molecule has 26 heavy (non-hydrogen) atoms. The molecule has 1 aliphatic carbocycles. The maximum atomic E-state index is 12.5. The highest BCUT2D eigenvalue weighted by atomic mass is 16.5. The first-order valence-corrected chi connectivity index (χ1v) is 8.61. The summed E-state index contributed by atoms with van der Waals surface area (Å²) in [5.74, 6) is -0.766. The number of hydrogen-bond donors (Lipinski definition) is 2. The molecule has 2 aromatic rings. The number of fused-ring (bicyclic) bond motifs is 1. The molecule has 0 saturated heterocycles. The lowest BCUT2D eigenvalue weighted by atomic mass is 9.98. The third kappa shape index (κ3) is 3.44. The lowest BCUT2D eigenvalue weighted by Crippen LogP contribution is -2.37. The van der Waals surface area contributed by atoms with E-state index in [1.165, 1.54) is 0 Å². The molecular formula is C20H18N2O4. The van der Waals surface area contributed by atoms with Gasteiger partial charge in [0.25, 0.3) is 5.91 Å². The van der Waals surface area contributed by atoms with Crippen molar-refractivity contribution in [3.05, 3.63) is 59.7 Å². The Hall–Kier alpha value is -3.15. The number of carbonyl (C=O) groups is 3. The highest BCUT2D eigenvalue weighted by molar-refractivity contribution is 6.00. The number of amides is 2. The van der Waals surface area contributed by atoms with Gasteiger partial charge in [-0.25, -0.2) is 4.79 Å². The Bertz CT molecular complexity index is 889. The Labute approximate surface area is 150 Å². The van der Waals surface area contributed by atoms with Gasteiger partial charge in [-0.2, -0.15) is 0 Å². The van der Waals surface area contributed by atoms with Crippen LogP contribution < -0.4 is 10.6 Å². The molecule has 1 atom stereocenters. The first-order chi connectivity index (χ1) is 12.6. The van der Waals surface area contributed by atoms with Gasteiger partial charge in [0.15, 0.2) is 6.10 Å². The summed E-state index contributed by atoms with van der Waals surface area (Å²) in [5.41, 5.74) is 2.47. The largest absolute Gasteiger partial charge is 0.448 e. The van der Waals surface area contributed by atoms with Crippen molar-refractivity contribution in [1.82, 2.24) is 0 Å². The van der Waals surface area contributed by atoms with Crippen LogP contribution in [0.2, 0.25) is 0 Å². The van der Waals surface area contributed by atoms with Gasteiger partial charge in [0.05, 0.1) is 5.56 Å². The predicted molar refractivity (Wildman–Crippen MR) is 95.8 cm³/mol. The first-order valence-electron chi connectivity index (χ1n) is 8.61. The second kappa shape index (κ2) is 6.63. The lowest BCUT2D eigenvalue weighted by molar-refractivity contribution is -0.125.